The molecule has 1 saturated carbocycles. The number of carbonyl (C=O) groups is 2. The largest absolute Gasteiger partial charge is 0.351 e. The van der Waals surface area contributed by atoms with Crippen molar-refractivity contribution in [2.24, 2.45) is 5.92 Å². The Bertz CT molecular complexity index is 859. The number of likely N-dealkylation sites (tertiary alicyclic amines) is 1. The van der Waals surface area contributed by atoms with E-state index in [0.717, 1.165) is 17.8 Å². The van der Waals surface area contributed by atoms with Crippen LogP contribution in [-0.2, 0) is 9.59 Å². The molecule has 30 heavy (non-hydrogen) atoms. The molecule has 2 aromatic rings. The molecule has 0 spiro atoms. The molecule has 2 fully saturated rings. The van der Waals surface area contributed by atoms with E-state index in [1.165, 1.54) is 39.0 Å². The zero-order valence-electron chi connectivity index (χ0n) is 17.6. The summed E-state index contributed by atoms with van der Waals surface area (Å²) in [7, 11) is 0. The highest BCUT2D eigenvalue weighted by Gasteiger charge is 2.38. The van der Waals surface area contributed by atoms with Crippen LogP contribution in [-0.4, -0.2) is 51.0 Å². The summed E-state index contributed by atoms with van der Waals surface area (Å²) in [5.74, 6) is 2.04. The number of aromatic nitrogens is 3. The van der Waals surface area contributed by atoms with Crippen LogP contribution in [0.1, 0.15) is 63.6 Å². The van der Waals surface area contributed by atoms with Crippen LogP contribution in [0.4, 0.5) is 0 Å². The van der Waals surface area contributed by atoms with Crippen LogP contribution in [0.5, 0.6) is 0 Å². The van der Waals surface area contributed by atoms with Gasteiger partial charge in [-0.25, -0.2) is 4.98 Å². The predicted molar refractivity (Wildman–Crippen MR) is 115 cm³/mol. The van der Waals surface area contributed by atoms with Gasteiger partial charge < -0.3 is 10.2 Å². The number of amides is 2. The Hall–Kier alpha value is -2.70. The Kier molecular flexibility index (Phi) is 6.45. The lowest BCUT2D eigenvalue weighted by Crippen LogP contribution is -2.39. The number of hydrogen-bond acceptors (Lipinski definition) is 4. The molecule has 1 aliphatic heterocycles. The standard InChI is InChI=1S/C23H31N5O2/c1-16(29)24-20-15-28(21(30)13-12-17-8-4-2-5-9-17)14-19(20)23-25-22(26-27-23)18-10-6-3-7-11-18/h3,6-7,10-11,17,19-20H,2,4-5,8-9,12-15H2,1H3,(H,24,29)(H,25,26,27)/t19-,20-/m1/s1. The maximum absolute atomic E-state index is 12.9. The second kappa shape index (κ2) is 9.41. The van der Waals surface area contributed by atoms with Crippen LogP contribution >= 0.6 is 0 Å². The van der Waals surface area contributed by atoms with E-state index in [4.69, 9.17) is 0 Å². The Labute approximate surface area is 177 Å². The highest BCUT2D eigenvalue weighted by molar-refractivity contribution is 5.77. The first-order valence-electron chi connectivity index (χ1n) is 11.1. The number of carbonyl (C=O) groups excluding carboxylic acids is 2. The van der Waals surface area contributed by atoms with Crippen LogP contribution in [0.15, 0.2) is 30.3 Å². The van der Waals surface area contributed by atoms with Crippen LogP contribution in [0.2, 0.25) is 0 Å². The third-order valence-corrected chi connectivity index (χ3v) is 6.44. The monoisotopic (exact) mass is 409 g/mol. The van der Waals surface area contributed by atoms with E-state index in [1.807, 2.05) is 35.2 Å². The summed E-state index contributed by atoms with van der Waals surface area (Å²) in [5, 5.41) is 10.4. The smallest absolute Gasteiger partial charge is 0.222 e. The van der Waals surface area contributed by atoms with Gasteiger partial charge >= 0.3 is 0 Å². The predicted octanol–water partition coefficient (Wildman–Crippen LogP) is 3.26. The van der Waals surface area contributed by atoms with E-state index >= 15 is 0 Å². The Morgan fingerprint density at radius 2 is 1.90 bits per heavy atom. The van der Waals surface area contributed by atoms with Gasteiger partial charge in [0.25, 0.3) is 0 Å². The van der Waals surface area contributed by atoms with Crippen molar-refractivity contribution in [1.29, 1.82) is 0 Å². The van der Waals surface area contributed by atoms with Gasteiger partial charge in [-0.3, -0.25) is 14.7 Å². The van der Waals surface area contributed by atoms with Gasteiger partial charge in [0.15, 0.2) is 5.82 Å². The number of hydrogen-bond donors (Lipinski definition) is 2. The first-order chi connectivity index (χ1) is 14.6. The zero-order valence-corrected chi connectivity index (χ0v) is 17.6. The fourth-order valence-electron chi connectivity index (χ4n) is 4.81. The number of nitrogens with one attached hydrogen (secondary N) is 2. The minimum Gasteiger partial charge on any atom is -0.351 e. The van der Waals surface area contributed by atoms with Crippen molar-refractivity contribution < 1.29 is 9.59 Å². The average molecular weight is 410 g/mol. The third kappa shape index (κ3) is 4.89. The lowest BCUT2D eigenvalue weighted by molar-refractivity contribution is -0.131. The molecule has 0 radical (unpaired) electrons. The highest BCUT2D eigenvalue weighted by Crippen LogP contribution is 2.30. The van der Waals surface area contributed by atoms with Crippen LogP contribution in [0.25, 0.3) is 11.4 Å². The summed E-state index contributed by atoms with van der Waals surface area (Å²) in [4.78, 5) is 31.2. The number of H-pyrrole nitrogens is 1. The van der Waals surface area contributed by atoms with Crippen molar-refractivity contribution in [2.45, 2.75) is 63.8 Å². The maximum Gasteiger partial charge on any atom is 0.222 e. The molecule has 2 atom stereocenters. The molecule has 4 rings (SSSR count). The molecule has 2 N–H and O–H groups in total. The first-order valence-corrected chi connectivity index (χ1v) is 11.1. The van der Waals surface area contributed by atoms with Crippen LogP contribution in [0.3, 0.4) is 0 Å². The number of aromatic amines is 1. The summed E-state index contributed by atoms with van der Waals surface area (Å²) in [6.45, 7) is 2.59. The summed E-state index contributed by atoms with van der Waals surface area (Å²) in [6, 6.07) is 9.64. The van der Waals surface area contributed by atoms with Crippen molar-refractivity contribution >= 4 is 11.8 Å². The van der Waals surface area contributed by atoms with Gasteiger partial charge in [-0.15, -0.1) is 0 Å². The Balaban J connectivity index is 1.43. The molecule has 1 aromatic carbocycles. The minimum atomic E-state index is -0.155. The van der Waals surface area contributed by atoms with E-state index in [-0.39, 0.29) is 23.8 Å². The molecule has 160 valence electrons. The summed E-state index contributed by atoms with van der Waals surface area (Å²) in [5.41, 5.74) is 0.939. The van der Waals surface area contributed by atoms with E-state index in [0.29, 0.717) is 31.3 Å². The normalized spacial score (nSPS) is 22.2. The minimum absolute atomic E-state index is 0.0857. The van der Waals surface area contributed by atoms with Crippen molar-refractivity contribution in [3.05, 3.63) is 36.2 Å². The van der Waals surface area contributed by atoms with Crippen molar-refractivity contribution in [1.82, 2.24) is 25.4 Å². The molecule has 7 heteroatoms. The molecule has 0 bridgehead atoms. The summed E-state index contributed by atoms with van der Waals surface area (Å²) >= 11 is 0. The quantitative estimate of drug-likeness (QED) is 0.766. The van der Waals surface area contributed by atoms with Gasteiger partial charge in [-0.2, -0.15) is 5.10 Å². The van der Waals surface area contributed by atoms with Gasteiger partial charge in [0, 0.05) is 32.0 Å². The molecule has 1 aromatic heterocycles. The molecule has 2 amide bonds. The van der Waals surface area contributed by atoms with Gasteiger partial charge in [-0.05, 0) is 12.3 Å². The Morgan fingerprint density at radius 1 is 1.13 bits per heavy atom. The topological polar surface area (TPSA) is 91.0 Å². The fraction of sp³-hybridized carbons (Fsp3) is 0.565. The van der Waals surface area contributed by atoms with E-state index in [2.05, 4.69) is 20.5 Å². The SMILES string of the molecule is CC(=O)N[C@@H]1CN(C(=O)CCC2CCCCC2)C[C@H]1c1nc(-c2ccccc2)n[nH]1. The highest BCUT2D eigenvalue weighted by atomic mass is 16.2. The molecule has 2 heterocycles. The van der Waals surface area contributed by atoms with E-state index in [1.54, 1.807) is 0 Å². The van der Waals surface area contributed by atoms with Crippen molar-refractivity contribution in [3.63, 3.8) is 0 Å². The van der Waals surface area contributed by atoms with Crippen molar-refractivity contribution in [3.8, 4) is 11.4 Å². The van der Waals surface area contributed by atoms with Gasteiger partial charge in [0.2, 0.25) is 11.8 Å². The van der Waals surface area contributed by atoms with E-state index in [9.17, 15) is 9.59 Å². The van der Waals surface area contributed by atoms with E-state index < -0.39 is 0 Å². The lowest BCUT2D eigenvalue weighted by Gasteiger charge is -2.22. The van der Waals surface area contributed by atoms with Gasteiger partial charge in [0.05, 0.1) is 12.0 Å². The molecule has 2 aliphatic rings. The molecular weight excluding hydrogens is 378 g/mol. The second-order valence-corrected chi connectivity index (χ2v) is 8.67. The molecular formula is C23H31N5O2. The Morgan fingerprint density at radius 3 is 2.63 bits per heavy atom. The average Bonchev–Trinajstić information content (AvgIpc) is 3.40. The van der Waals surface area contributed by atoms with Gasteiger partial charge in [0.1, 0.15) is 5.82 Å². The molecule has 7 nitrogen and oxygen atoms in total. The van der Waals surface area contributed by atoms with Crippen LogP contribution in [0, 0.1) is 5.92 Å². The van der Waals surface area contributed by atoms with Crippen LogP contribution < -0.4 is 5.32 Å². The lowest BCUT2D eigenvalue weighted by atomic mass is 9.86. The zero-order chi connectivity index (χ0) is 20.9. The number of nitrogens with zero attached hydrogens (tertiary/aromatic N) is 3. The van der Waals surface area contributed by atoms with Gasteiger partial charge in [-0.1, -0.05) is 62.4 Å². The first kappa shape index (κ1) is 20.6. The fourth-order valence-corrected chi connectivity index (χ4v) is 4.81. The summed E-state index contributed by atoms with van der Waals surface area (Å²) < 4.78 is 0. The second-order valence-electron chi connectivity index (χ2n) is 8.67. The van der Waals surface area contributed by atoms with Crippen molar-refractivity contribution in [2.75, 3.05) is 13.1 Å². The summed E-state index contributed by atoms with van der Waals surface area (Å²) in [6.07, 6.45) is 8.00. The number of rotatable bonds is 6. The molecule has 1 saturated heterocycles. The number of benzene rings is 1. The molecule has 1 aliphatic carbocycles. The molecule has 0 unspecified atom stereocenters. The maximum atomic E-state index is 12.9. The third-order valence-electron chi connectivity index (χ3n) is 6.44.